The molecular weight excluding hydrogens is 284 g/mol. The number of fused-ring (bicyclic) bond motifs is 1. The molecule has 0 atom stereocenters. The van der Waals surface area contributed by atoms with Gasteiger partial charge in [-0.05, 0) is 30.3 Å². The van der Waals surface area contributed by atoms with E-state index in [-0.39, 0.29) is 12.4 Å². The van der Waals surface area contributed by atoms with Gasteiger partial charge in [-0.25, -0.2) is 4.79 Å². The zero-order valence-corrected chi connectivity index (χ0v) is 11.8. The van der Waals surface area contributed by atoms with Crippen molar-refractivity contribution in [2.45, 2.75) is 0 Å². The first-order valence-corrected chi connectivity index (χ1v) is 6.89. The molecule has 22 heavy (non-hydrogen) atoms. The second-order valence-electron chi connectivity index (χ2n) is 4.72. The molecule has 0 amide bonds. The number of ether oxygens (including phenoxy) is 3. The van der Waals surface area contributed by atoms with Crippen LogP contribution in [-0.2, 0) is 4.74 Å². The lowest BCUT2D eigenvalue weighted by atomic mass is 10.1. The molecular formula is C17H14O5. The lowest BCUT2D eigenvalue weighted by Gasteiger charge is -2.18. The molecule has 0 N–H and O–H groups in total. The third kappa shape index (κ3) is 3.09. The molecule has 0 saturated heterocycles. The normalized spacial score (nSPS) is 12.5. The van der Waals surface area contributed by atoms with E-state index in [2.05, 4.69) is 0 Å². The van der Waals surface area contributed by atoms with E-state index >= 15 is 0 Å². The van der Waals surface area contributed by atoms with Gasteiger partial charge in [0.05, 0.1) is 5.56 Å². The third-order valence-electron chi connectivity index (χ3n) is 3.21. The lowest BCUT2D eigenvalue weighted by Crippen LogP contribution is -2.17. The molecule has 5 nitrogen and oxygen atoms in total. The highest BCUT2D eigenvalue weighted by Gasteiger charge is 2.16. The maximum atomic E-state index is 12.1. The van der Waals surface area contributed by atoms with Gasteiger partial charge in [0.15, 0.2) is 23.9 Å². The summed E-state index contributed by atoms with van der Waals surface area (Å²) in [4.78, 5) is 23.9. The highest BCUT2D eigenvalue weighted by Crippen LogP contribution is 2.30. The van der Waals surface area contributed by atoms with Crippen molar-refractivity contribution >= 4 is 11.8 Å². The molecule has 1 aliphatic heterocycles. The minimum atomic E-state index is -0.522. The van der Waals surface area contributed by atoms with Crippen molar-refractivity contribution < 1.29 is 23.8 Å². The van der Waals surface area contributed by atoms with E-state index in [1.165, 1.54) is 0 Å². The van der Waals surface area contributed by atoms with Gasteiger partial charge in [-0.3, -0.25) is 4.79 Å². The summed E-state index contributed by atoms with van der Waals surface area (Å²) in [6.07, 6.45) is 0. The maximum absolute atomic E-state index is 12.1. The minimum absolute atomic E-state index is 0.291. The topological polar surface area (TPSA) is 61.8 Å². The van der Waals surface area contributed by atoms with Crippen molar-refractivity contribution in [3.63, 3.8) is 0 Å². The first-order chi connectivity index (χ1) is 10.7. The maximum Gasteiger partial charge on any atom is 0.338 e. The Labute approximate surface area is 127 Å². The summed E-state index contributed by atoms with van der Waals surface area (Å²) in [5.41, 5.74) is 0.836. The van der Waals surface area contributed by atoms with Crippen LogP contribution in [0.2, 0.25) is 0 Å². The molecule has 1 heterocycles. The van der Waals surface area contributed by atoms with Crippen LogP contribution in [0.15, 0.2) is 48.5 Å². The number of hydrogen-bond donors (Lipinski definition) is 0. The van der Waals surface area contributed by atoms with E-state index in [0.29, 0.717) is 35.8 Å². The first kappa shape index (κ1) is 14.1. The summed E-state index contributed by atoms with van der Waals surface area (Å²) >= 11 is 0. The number of rotatable bonds is 4. The molecule has 2 aromatic rings. The largest absolute Gasteiger partial charge is 0.486 e. The third-order valence-corrected chi connectivity index (χ3v) is 3.21. The molecule has 3 rings (SSSR count). The fourth-order valence-electron chi connectivity index (χ4n) is 2.09. The molecule has 1 aliphatic rings. The fraction of sp³-hybridized carbons (Fsp3) is 0.176. The number of hydrogen-bond acceptors (Lipinski definition) is 5. The van der Waals surface area contributed by atoms with Gasteiger partial charge in [0.2, 0.25) is 0 Å². The molecule has 0 bridgehead atoms. The van der Waals surface area contributed by atoms with Crippen molar-refractivity contribution in [1.82, 2.24) is 0 Å². The Bertz CT molecular complexity index is 693. The van der Waals surface area contributed by atoms with Crippen LogP contribution < -0.4 is 9.47 Å². The molecule has 0 saturated carbocycles. The minimum Gasteiger partial charge on any atom is -0.486 e. The van der Waals surface area contributed by atoms with Gasteiger partial charge in [-0.2, -0.15) is 0 Å². The van der Waals surface area contributed by atoms with E-state index in [1.54, 1.807) is 48.5 Å². The van der Waals surface area contributed by atoms with Crippen LogP contribution in [0.3, 0.4) is 0 Å². The highest BCUT2D eigenvalue weighted by atomic mass is 16.6. The summed E-state index contributed by atoms with van der Waals surface area (Å²) in [6, 6.07) is 13.5. The van der Waals surface area contributed by atoms with Gasteiger partial charge in [-0.15, -0.1) is 0 Å². The Morgan fingerprint density at radius 1 is 0.909 bits per heavy atom. The van der Waals surface area contributed by atoms with Crippen LogP contribution in [0.25, 0.3) is 0 Å². The smallest absolute Gasteiger partial charge is 0.338 e. The molecule has 0 aliphatic carbocycles. The molecule has 0 unspecified atom stereocenters. The number of Topliss-reactive ketones (excluding diaryl/α,β-unsaturated/α-hetero) is 1. The predicted molar refractivity (Wildman–Crippen MR) is 78.5 cm³/mol. The molecule has 0 aromatic heterocycles. The van der Waals surface area contributed by atoms with Gasteiger partial charge in [0.25, 0.3) is 0 Å². The van der Waals surface area contributed by atoms with Gasteiger partial charge in [-0.1, -0.05) is 18.2 Å². The Morgan fingerprint density at radius 3 is 2.41 bits per heavy atom. The summed E-state index contributed by atoms with van der Waals surface area (Å²) in [5, 5.41) is 0. The van der Waals surface area contributed by atoms with E-state index < -0.39 is 5.97 Å². The molecule has 0 fully saturated rings. The predicted octanol–water partition coefficient (Wildman–Crippen LogP) is 2.50. The van der Waals surface area contributed by atoms with Gasteiger partial charge in [0.1, 0.15) is 13.2 Å². The fourth-order valence-corrected chi connectivity index (χ4v) is 2.09. The molecule has 0 radical (unpaired) electrons. The van der Waals surface area contributed by atoms with Crippen LogP contribution in [0.5, 0.6) is 11.5 Å². The monoisotopic (exact) mass is 298 g/mol. The van der Waals surface area contributed by atoms with E-state index in [0.717, 1.165) is 0 Å². The Morgan fingerprint density at radius 2 is 1.64 bits per heavy atom. The standard InChI is InChI=1S/C17H14O5/c18-14(11-22-17(19)12-4-2-1-3-5-12)13-6-7-15-16(10-13)21-9-8-20-15/h1-7,10H,8-9,11H2. The number of esters is 1. The molecule has 2 aromatic carbocycles. The zero-order chi connectivity index (χ0) is 15.4. The van der Waals surface area contributed by atoms with E-state index in [9.17, 15) is 9.59 Å². The van der Waals surface area contributed by atoms with Crippen molar-refractivity contribution in [1.29, 1.82) is 0 Å². The van der Waals surface area contributed by atoms with Crippen molar-refractivity contribution in [2.24, 2.45) is 0 Å². The van der Waals surface area contributed by atoms with Crippen molar-refractivity contribution in [2.75, 3.05) is 19.8 Å². The summed E-state index contributed by atoms with van der Waals surface area (Å²) in [5.74, 6) is 0.336. The lowest BCUT2D eigenvalue weighted by molar-refractivity contribution is 0.0474. The molecule has 112 valence electrons. The SMILES string of the molecule is O=C(COC(=O)c1ccccc1)c1ccc2c(c1)OCCO2. The molecule has 0 spiro atoms. The Kier molecular flexibility index (Phi) is 4.05. The zero-order valence-electron chi connectivity index (χ0n) is 11.8. The van der Waals surface area contributed by atoms with Crippen LogP contribution in [0, 0.1) is 0 Å². The second kappa shape index (κ2) is 6.30. The van der Waals surface area contributed by atoms with Crippen LogP contribution >= 0.6 is 0 Å². The van der Waals surface area contributed by atoms with Crippen molar-refractivity contribution in [3.8, 4) is 11.5 Å². The van der Waals surface area contributed by atoms with Crippen molar-refractivity contribution in [3.05, 3.63) is 59.7 Å². The highest BCUT2D eigenvalue weighted by molar-refractivity contribution is 5.99. The van der Waals surface area contributed by atoms with Gasteiger partial charge >= 0.3 is 5.97 Å². The number of carbonyl (C=O) groups excluding carboxylic acids is 2. The summed E-state index contributed by atoms with van der Waals surface area (Å²) < 4.78 is 15.8. The second-order valence-corrected chi connectivity index (χ2v) is 4.72. The Balaban J connectivity index is 1.64. The Hall–Kier alpha value is -2.82. The number of ketones is 1. The average molecular weight is 298 g/mol. The first-order valence-electron chi connectivity index (χ1n) is 6.89. The van der Waals surface area contributed by atoms with E-state index in [1.807, 2.05) is 0 Å². The van der Waals surface area contributed by atoms with Gasteiger partial charge in [0, 0.05) is 5.56 Å². The van der Waals surface area contributed by atoms with E-state index in [4.69, 9.17) is 14.2 Å². The van der Waals surface area contributed by atoms with Crippen LogP contribution in [0.1, 0.15) is 20.7 Å². The van der Waals surface area contributed by atoms with Gasteiger partial charge < -0.3 is 14.2 Å². The summed E-state index contributed by atoms with van der Waals surface area (Å²) in [7, 11) is 0. The average Bonchev–Trinajstić information content (AvgIpc) is 2.59. The molecule has 5 heteroatoms. The summed E-state index contributed by atoms with van der Waals surface area (Å²) in [6.45, 7) is 0.635. The van der Waals surface area contributed by atoms with Crippen LogP contribution in [-0.4, -0.2) is 31.6 Å². The number of benzene rings is 2. The quantitative estimate of drug-likeness (QED) is 0.641. The number of carbonyl (C=O) groups is 2. The van der Waals surface area contributed by atoms with Crippen LogP contribution in [0.4, 0.5) is 0 Å².